The van der Waals surface area contributed by atoms with Crippen LogP contribution in [0.4, 0.5) is 13.2 Å². The molecule has 1 aromatic carbocycles. The first kappa shape index (κ1) is 20.6. The molecule has 5 nitrogen and oxygen atoms in total. The van der Waals surface area contributed by atoms with Gasteiger partial charge in [0.25, 0.3) is 5.91 Å². The smallest absolute Gasteiger partial charge is 0.336 e. The van der Waals surface area contributed by atoms with Gasteiger partial charge >= 0.3 is 6.18 Å². The molecule has 4 rings (SSSR count). The highest BCUT2D eigenvalue weighted by molar-refractivity contribution is 7.07. The molecule has 30 heavy (non-hydrogen) atoms. The zero-order valence-corrected chi connectivity index (χ0v) is 17.2. The monoisotopic (exact) mass is 434 g/mol. The van der Waals surface area contributed by atoms with Crippen LogP contribution in [0, 0.1) is 6.92 Å². The molecule has 0 N–H and O–H groups in total. The molecule has 1 aliphatic heterocycles. The number of aryl methyl sites for hydroxylation is 1. The van der Waals surface area contributed by atoms with Crippen LogP contribution in [0.5, 0.6) is 0 Å². The Morgan fingerprint density at radius 1 is 1.10 bits per heavy atom. The van der Waals surface area contributed by atoms with E-state index in [0.717, 1.165) is 23.0 Å². The van der Waals surface area contributed by atoms with Gasteiger partial charge in [0.2, 0.25) is 0 Å². The van der Waals surface area contributed by atoms with Crippen LogP contribution < -0.4 is 0 Å². The van der Waals surface area contributed by atoms with E-state index in [9.17, 15) is 18.0 Å². The van der Waals surface area contributed by atoms with Gasteiger partial charge in [0, 0.05) is 32.7 Å². The Morgan fingerprint density at radius 3 is 2.40 bits per heavy atom. The number of piperazine rings is 1. The fraction of sp³-hybridized carbons (Fsp3) is 0.333. The minimum atomic E-state index is -4.70. The number of carbonyl (C=O) groups is 1. The molecule has 0 atom stereocenters. The Balaban J connectivity index is 1.53. The molecule has 158 valence electrons. The van der Waals surface area contributed by atoms with Crippen molar-refractivity contribution >= 4 is 17.2 Å². The van der Waals surface area contributed by atoms with Crippen LogP contribution >= 0.6 is 11.3 Å². The van der Waals surface area contributed by atoms with Gasteiger partial charge in [-0.05, 0) is 41.4 Å². The van der Waals surface area contributed by atoms with Gasteiger partial charge in [0.05, 0.1) is 17.4 Å². The Labute approximate surface area is 176 Å². The second-order valence-corrected chi connectivity index (χ2v) is 8.13. The number of halogens is 3. The molecular weight excluding hydrogens is 413 g/mol. The van der Waals surface area contributed by atoms with Gasteiger partial charge in [0.15, 0.2) is 5.69 Å². The van der Waals surface area contributed by atoms with E-state index in [1.165, 1.54) is 10.5 Å². The number of rotatable bonds is 4. The summed E-state index contributed by atoms with van der Waals surface area (Å²) in [4.78, 5) is 16.6. The van der Waals surface area contributed by atoms with Crippen molar-refractivity contribution in [2.24, 2.45) is 0 Å². The molecule has 0 unspecified atom stereocenters. The first-order valence-corrected chi connectivity index (χ1v) is 10.5. The predicted octanol–water partition coefficient (Wildman–Crippen LogP) is 4.22. The maximum absolute atomic E-state index is 13.9. The van der Waals surface area contributed by atoms with Crippen LogP contribution in [0.25, 0.3) is 5.69 Å². The van der Waals surface area contributed by atoms with E-state index in [1.54, 1.807) is 35.6 Å². The Kier molecular flexibility index (Phi) is 5.66. The third-order valence-corrected chi connectivity index (χ3v) is 5.92. The summed E-state index contributed by atoms with van der Waals surface area (Å²) in [7, 11) is 0. The number of amides is 1. The highest BCUT2D eigenvalue weighted by atomic mass is 32.1. The largest absolute Gasteiger partial charge is 0.434 e. The number of alkyl halides is 3. The van der Waals surface area contributed by atoms with Crippen LogP contribution in [0.2, 0.25) is 0 Å². The van der Waals surface area contributed by atoms with Crippen LogP contribution in [-0.2, 0) is 12.7 Å². The molecule has 1 saturated heterocycles. The van der Waals surface area contributed by atoms with Crippen molar-refractivity contribution in [2.75, 3.05) is 26.2 Å². The molecule has 2 aromatic heterocycles. The van der Waals surface area contributed by atoms with Crippen molar-refractivity contribution in [1.29, 1.82) is 0 Å². The summed E-state index contributed by atoms with van der Waals surface area (Å²) in [6.07, 6.45) is -3.67. The molecule has 0 radical (unpaired) electrons. The lowest BCUT2D eigenvalue weighted by molar-refractivity contribution is -0.143. The number of hydrogen-bond donors (Lipinski definition) is 0. The second-order valence-electron chi connectivity index (χ2n) is 7.35. The topological polar surface area (TPSA) is 41.4 Å². The lowest BCUT2D eigenvalue weighted by Gasteiger charge is -2.34. The zero-order valence-electron chi connectivity index (χ0n) is 16.4. The first-order valence-electron chi connectivity index (χ1n) is 9.58. The molecule has 1 amide bonds. The minimum absolute atomic E-state index is 0.271. The van der Waals surface area contributed by atoms with Gasteiger partial charge < -0.3 is 4.90 Å². The second kappa shape index (κ2) is 8.23. The lowest BCUT2D eigenvalue weighted by atomic mass is 10.1. The Morgan fingerprint density at radius 2 is 1.80 bits per heavy atom. The van der Waals surface area contributed by atoms with Crippen molar-refractivity contribution in [1.82, 2.24) is 19.6 Å². The van der Waals surface area contributed by atoms with E-state index >= 15 is 0 Å². The zero-order chi connectivity index (χ0) is 21.3. The molecule has 1 aliphatic rings. The third kappa shape index (κ3) is 4.27. The number of carbonyl (C=O) groups excluding carboxylic acids is 1. The average molecular weight is 434 g/mol. The highest BCUT2D eigenvalue weighted by Crippen LogP contribution is 2.34. The summed E-state index contributed by atoms with van der Waals surface area (Å²) < 4.78 is 42.4. The first-order chi connectivity index (χ1) is 14.3. The van der Waals surface area contributed by atoms with Gasteiger partial charge in [-0.15, -0.1) is 0 Å². The molecule has 9 heteroatoms. The third-order valence-electron chi connectivity index (χ3n) is 5.19. The highest BCUT2D eigenvalue weighted by Gasteiger charge is 2.41. The van der Waals surface area contributed by atoms with E-state index in [4.69, 9.17) is 0 Å². The van der Waals surface area contributed by atoms with Crippen LogP contribution in [-0.4, -0.2) is 51.7 Å². The molecule has 0 spiro atoms. The summed E-state index contributed by atoms with van der Waals surface area (Å²) >= 11 is 1.63. The molecule has 1 fully saturated rings. The fourth-order valence-corrected chi connectivity index (χ4v) is 4.24. The van der Waals surface area contributed by atoms with Gasteiger partial charge in [-0.2, -0.15) is 29.6 Å². The maximum atomic E-state index is 13.9. The minimum Gasteiger partial charge on any atom is -0.336 e. The van der Waals surface area contributed by atoms with E-state index in [-0.39, 0.29) is 5.69 Å². The molecule has 0 aliphatic carbocycles. The van der Waals surface area contributed by atoms with E-state index < -0.39 is 23.3 Å². The summed E-state index contributed by atoms with van der Waals surface area (Å²) in [6.45, 7) is 4.64. The molecule has 0 saturated carbocycles. The van der Waals surface area contributed by atoms with E-state index in [0.29, 0.717) is 26.2 Å². The number of thiophene rings is 1. The summed E-state index contributed by atoms with van der Waals surface area (Å²) in [5.41, 5.74) is 0.966. The van der Waals surface area contributed by atoms with Gasteiger partial charge in [-0.25, -0.2) is 4.68 Å². The predicted molar refractivity (Wildman–Crippen MR) is 109 cm³/mol. The van der Waals surface area contributed by atoms with E-state index in [1.807, 2.05) is 12.3 Å². The summed E-state index contributed by atoms with van der Waals surface area (Å²) in [5, 5.41) is 7.99. The van der Waals surface area contributed by atoms with E-state index in [2.05, 4.69) is 21.4 Å². The van der Waals surface area contributed by atoms with Crippen molar-refractivity contribution in [3.8, 4) is 5.69 Å². The lowest BCUT2D eigenvalue weighted by Crippen LogP contribution is -2.48. The quantitative estimate of drug-likeness (QED) is 0.618. The van der Waals surface area contributed by atoms with Gasteiger partial charge in [-0.1, -0.05) is 17.7 Å². The SMILES string of the molecule is Cc1ccc(-n2ncc(C(=O)N3CCN(Cc4ccsc4)CC3)c2C(F)(F)F)cc1. The van der Waals surface area contributed by atoms with Gasteiger partial charge in [0.1, 0.15) is 0 Å². The fourth-order valence-electron chi connectivity index (χ4n) is 3.58. The van der Waals surface area contributed by atoms with Crippen molar-refractivity contribution in [3.63, 3.8) is 0 Å². The number of hydrogen-bond acceptors (Lipinski definition) is 4. The molecule has 3 heterocycles. The molecular formula is C21H21F3N4OS. The molecule has 0 bridgehead atoms. The standard InChI is InChI=1S/C21H21F3N4OS/c1-15-2-4-17(5-3-15)28-19(21(22,23)24)18(12-25-28)20(29)27-9-7-26(8-10-27)13-16-6-11-30-14-16/h2-6,11-12,14H,7-10,13H2,1H3. The Bertz CT molecular complexity index is 1000. The maximum Gasteiger partial charge on any atom is 0.434 e. The number of aromatic nitrogens is 2. The van der Waals surface area contributed by atoms with Crippen molar-refractivity contribution in [3.05, 3.63) is 69.7 Å². The summed E-state index contributed by atoms with van der Waals surface area (Å²) in [6, 6.07) is 8.61. The average Bonchev–Trinajstić information content (AvgIpc) is 3.38. The van der Waals surface area contributed by atoms with Crippen molar-refractivity contribution < 1.29 is 18.0 Å². The van der Waals surface area contributed by atoms with Crippen molar-refractivity contribution in [2.45, 2.75) is 19.6 Å². The van der Waals surface area contributed by atoms with Gasteiger partial charge in [-0.3, -0.25) is 9.69 Å². The number of nitrogens with zero attached hydrogens (tertiary/aromatic N) is 4. The van der Waals surface area contributed by atoms with Crippen LogP contribution in [0.15, 0.2) is 47.3 Å². The van der Waals surface area contributed by atoms with Crippen LogP contribution in [0.3, 0.4) is 0 Å². The summed E-state index contributed by atoms with van der Waals surface area (Å²) in [5.74, 6) is -0.629. The number of benzene rings is 1. The normalized spacial score (nSPS) is 15.5. The Hall–Kier alpha value is -2.65. The van der Waals surface area contributed by atoms with Crippen LogP contribution in [0.1, 0.15) is 27.2 Å². The molecule has 3 aromatic rings.